The lowest BCUT2D eigenvalue weighted by Gasteiger charge is -2.46. The summed E-state index contributed by atoms with van der Waals surface area (Å²) in [5.41, 5.74) is 5.85. The first kappa shape index (κ1) is 31.5. The topological polar surface area (TPSA) is 118 Å². The minimum Gasteiger partial charge on any atom is -0.378 e. The molecule has 4 aliphatic rings. The van der Waals surface area contributed by atoms with Crippen LogP contribution in [0.1, 0.15) is 64.7 Å². The van der Waals surface area contributed by atoms with Crippen molar-refractivity contribution in [3.05, 3.63) is 81.8 Å². The predicted molar refractivity (Wildman–Crippen MR) is 188 cm³/mol. The van der Waals surface area contributed by atoms with Gasteiger partial charge in [-0.1, -0.05) is 6.92 Å². The summed E-state index contributed by atoms with van der Waals surface area (Å²) in [6.07, 6.45) is 9.15. The molecule has 1 amide bonds. The summed E-state index contributed by atoms with van der Waals surface area (Å²) in [6.45, 7) is 10.1. The highest BCUT2D eigenvalue weighted by molar-refractivity contribution is 6.08. The van der Waals surface area contributed by atoms with Crippen LogP contribution in [0.4, 0.5) is 23.0 Å². The number of nitrogens with zero attached hydrogens (tertiary/aromatic N) is 7. The van der Waals surface area contributed by atoms with Crippen molar-refractivity contribution in [3.8, 4) is 11.1 Å². The molecule has 8 rings (SSSR count). The minimum atomic E-state index is -0.230. The van der Waals surface area contributed by atoms with E-state index in [4.69, 9.17) is 4.74 Å². The normalized spacial score (nSPS) is 21.2. The van der Waals surface area contributed by atoms with Crippen LogP contribution in [0.5, 0.6) is 0 Å². The second-order valence-corrected chi connectivity index (χ2v) is 13.9. The Morgan fingerprint density at radius 1 is 1.02 bits per heavy atom. The summed E-state index contributed by atoms with van der Waals surface area (Å²) >= 11 is 0. The number of carbonyl (C=O) groups is 2. The predicted octanol–water partition coefficient (Wildman–Crippen LogP) is 4.21. The van der Waals surface area contributed by atoms with E-state index in [1.807, 2.05) is 24.4 Å². The van der Waals surface area contributed by atoms with E-state index in [0.717, 1.165) is 64.1 Å². The van der Waals surface area contributed by atoms with Crippen LogP contribution in [0, 0.1) is 0 Å². The molecule has 0 saturated carbocycles. The van der Waals surface area contributed by atoms with Crippen LogP contribution in [-0.2, 0) is 24.8 Å². The summed E-state index contributed by atoms with van der Waals surface area (Å²) in [4.78, 5) is 55.6. The van der Waals surface area contributed by atoms with Crippen LogP contribution in [0.3, 0.4) is 0 Å². The Bertz CT molecular complexity index is 1980. The van der Waals surface area contributed by atoms with Gasteiger partial charge < -0.3 is 24.1 Å². The maximum Gasteiger partial charge on any atom is 0.276 e. The van der Waals surface area contributed by atoms with Gasteiger partial charge in [-0.2, -0.15) is 0 Å². The highest BCUT2D eigenvalue weighted by Gasteiger charge is 2.35. The fourth-order valence-electron chi connectivity index (χ4n) is 8.09. The van der Waals surface area contributed by atoms with Gasteiger partial charge in [-0.25, -0.2) is 9.97 Å². The lowest BCUT2D eigenvalue weighted by Crippen LogP contribution is -2.59. The molecule has 49 heavy (non-hydrogen) atoms. The standard InChI is InChI=1S/C37H42N8O4/c1-23-5-4-6-25-16-32-37(48)45(14-13-44(32)34(23)25)35-30(20-46)29(9-10-38-35)26-15-31(36(47)41(3)19-26)40-33-8-7-27(17-39-33)43-12-11-42(18-24(43)2)28-21-49-22-28/h7-10,15-17,19-20,23-24,28H,4-6,11-14,18,21-22H2,1-3H3,(H,39,40)/t23-,24-/m0/s1. The molecule has 2 fully saturated rings. The van der Waals surface area contributed by atoms with E-state index >= 15 is 0 Å². The first-order chi connectivity index (χ1) is 23.8. The molecule has 0 unspecified atom stereocenters. The number of aryl methyl sites for hydroxylation is 2. The number of aldehydes is 1. The zero-order valence-electron chi connectivity index (χ0n) is 28.3. The molecular weight excluding hydrogens is 620 g/mol. The van der Waals surface area contributed by atoms with Gasteiger partial charge >= 0.3 is 0 Å². The van der Waals surface area contributed by atoms with E-state index in [0.29, 0.717) is 70.8 Å². The van der Waals surface area contributed by atoms with Gasteiger partial charge in [0.25, 0.3) is 11.5 Å². The molecule has 0 aromatic carbocycles. The number of rotatable bonds is 7. The number of nitrogens with one attached hydrogen (secondary N) is 1. The van der Waals surface area contributed by atoms with Crippen molar-refractivity contribution in [2.24, 2.45) is 7.05 Å². The second kappa shape index (κ2) is 12.6. The van der Waals surface area contributed by atoms with E-state index in [2.05, 4.69) is 43.5 Å². The number of pyridine rings is 3. The average Bonchev–Trinajstić information content (AvgIpc) is 3.47. The van der Waals surface area contributed by atoms with Gasteiger partial charge in [0, 0.05) is 69.5 Å². The van der Waals surface area contributed by atoms with E-state index in [1.54, 1.807) is 36.5 Å². The SMILES string of the molecule is C[C@H]1CCCc2cc3n(c21)CCN(c1nccc(-c2cc(Nc4ccc(N5CCN(C6COC6)C[C@@H]5C)cn4)c(=O)n(C)c2)c1C=O)C3=O. The van der Waals surface area contributed by atoms with Crippen LogP contribution in [-0.4, -0.2) is 87.7 Å². The minimum absolute atomic E-state index is 0.151. The summed E-state index contributed by atoms with van der Waals surface area (Å²) < 4.78 is 9.04. The zero-order chi connectivity index (χ0) is 33.8. The number of aromatic nitrogens is 4. The van der Waals surface area contributed by atoms with Crippen LogP contribution < -0.4 is 20.7 Å². The molecule has 254 valence electrons. The fraction of sp³-hybridized carbons (Fsp3) is 0.432. The number of amides is 1. The molecule has 7 heterocycles. The monoisotopic (exact) mass is 662 g/mol. The van der Waals surface area contributed by atoms with Crippen LogP contribution >= 0.6 is 0 Å². The molecule has 12 heteroatoms. The lowest BCUT2D eigenvalue weighted by atomic mass is 9.89. The molecule has 4 aromatic rings. The zero-order valence-corrected chi connectivity index (χ0v) is 28.3. The maximum atomic E-state index is 13.9. The first-order valence-corrected chi connectivity index (χ1v) is 17.3. The van der Waals surface area contributed by atoms with Crippen molar-refractivity contribution in [1.82, 2.24) is 24.0 Å². The van der Waals surface area contributed by atoms with Crippen molar-refractivity contribution in [2.45, 2.75) is 57.7 Å². The van der Waals surface area contributed by atoms with E-state index in [-0.39, 0.29) is 11.5 Å². The second-order valence-electron chi connectivity index (χ2n) is 13.9. The molecule has 0 radical (unpaired) electrons. The average molecular weight is 663 g/mol. The van der Waals surface area contributed by atoms with Gasteiger partial charge in [0.1, 0.15) is 23.0 Å². The summed E-state index contributed by atoms with van der Waals surface area (Å²) in [5, 5.41) is 3.21. The van der Waals surface area contributed by atoms with Crippen molar-refractivity contribution in [3.63, 3.8) is 0 Å². The Labute approximate surface area is 285 Å². The molecule has 4 aromatic heterocycles. The van der Waals surface area contributed by atoms with Crippen molar-refractivity contribution >= 4 is 35.2 Å². The molecule has 12 nitrogen and oxygen atoms in total. The number of ether oxygens (including phenoxy) is 1. The molecular formula is C37H42N8O4. The van der Waals surface area contributed by atoms with Crippen LogP contribution in [0.15, 0.2) is 53.7 Å². The number of hydrogen-bond donors (Lipinski definition) is 1. The number of carbonyl (C=O) groups excluding carboxylic acids is 2. The largest absolute Gasteiger partial charge is 0.378 e. The molecule has 0 bridgehead atoms. The lowest BCUT2D eigenvalue weighted by molar-refractivity contribution is -0.0691. The number of fused-ring (bicyclic) bond motifs is 3. The van der Waals surface area contributed by atoms with Crippen LogP contribution in [0.25, 0.3) is 11.1 Å². The van der Waals surface area contributed by atoms with Gasteiger partial charge in [0.05, 0.1) is 36.7 Å². The van der Waals surface area contributed by atoms with Crippen molar-refractivity contribution in [1.29, 1.82) is 0 Å². The van der Waals surface area contributed by atoms with E-state index in [9.17, 15) is 14.4 Å². The third-order valence-electron chi connectivity index (χ3n) is 10.8. The molecule has 3 aliphatic heterocycles. The smallest absolute Gasteiger partial charge is 0.276 e. The number of piperazine rings is 1. The van der Waals surface area contributed by atoms with Gasteiger partial charge in [0.2, 0.25) is 0 Å². The quantitative estimate of drug-likeness (QED) is 0.291. The summed E-state index contributed by atoms with van der Waals surface area (Å²) in [7, 11) is 1.68. The molecule has 2 saturated heterocycles. The van der Waals surface area contributed by atoms with Gasteiger partial charge in [0.15, 0.2) is 6.29 Å². The highest BCUT2D eigenvalue weighted by atomic mass is 16.5. The van der Waals surface area contributed by atoms with Gasteiger partial charge in [-0.3, -0.25) is 24.2 Å². The molecule has 1 aliphatic carbocycles. The van der Waals surface area contributed by atoms with Gasteiger partial charge in [-0.15, -0.1) is 0 Å². The molecule has 2 atom stereocenters. The van der Waals surface area contributed by atoms with E-state index in [1.165, 1.54) is 15.8 Å². The number of anilines is 4. The van der Waals surface area contributed by atoms with Crippen LogP contribution in [0.2, 0.25) is 0 Å². The number of hydrogen-bond acceptors (Lipinski definition) is 9. The Morgan fingerprint density at radius 2 is 1.88 bits per heavy atom. The highest BCUT2D eigenvalue weighted by Crippen LogP contribution is 2.37. The Kier molecular flexibility index (Phi) is 8.07. The Balaban J connectivity index is 1.04. The van der Waals surface area contributed by atoms with Gasteiger partial charge in [-0.05, 0) is 73.6 Å². The Morgan fingerprint density at radius 3 is 2.61 bits per heavy atom. The molecule has 0 spiro atoms. The Hall–Kier alpha value is -4.81. The maximum absolute atomic E-state index is 13.9. The third-order valence-corrected chi connectivity index (χ3v) is 10.8. The first-order valence-electron chi connectivity index (χ1n) is 17.3. The third kappa shape index (κ3) is 5.52. The van der Waals surface area contributed by atoms with E-state index < -0.39 is 0 Å². The molecule has 1 N–H and O–H groups in total. The van der Waals surface area contributed by atoms with Crippen molar-refractivity contribution < 1.29 is 14.3 Å². The van der Waals surface area contributed by atoms with Crippen molar-refractivity contribution in [2.75, 3.05) is 54.5 Å². The summed E-state index contributed by atoms with van der Waals surface area (Å²) in [5.74, 6) is 1.14. The summed E-state index contributed by atoms with van der Waals surface area (Å²) in [6, 6.07) is 10.3. The fourth-order valence-corrected chi connectivity index (χ4v) is 8.09.